The number of hydrogen-bond acceptors (Lipinski definition) is 3. The summed E-state index contributed by atoms with van der Waals surface area (Å²) < 4.78 is 5.24. The molecule has 0 heterocycles. The van der Waals surface area contributed by atoms with Gasteiger partial charge in [-0.05, 0) is 45.4 Å². The van der Waals surface area contributed by atoms with Crippen molar-refractivity contribution in [3.63, 3.8) is 0 Å². The highest BCUT2D eigenvalue weighted by Gasteiger charge is 2.33. The lowest BCUT2D eigenvalue weighted by atomic mass is 9.94. The van der Waals surface area contributed by atoms with Gasteiger partial charge in [-0.3, -0.25) is 4.79 Å². The summed E-state index contributed by atoms with van der Waals surface area (Å²) >= 11 is 0. The number of hydrogen-bond donors (Lipinski definition) is 1. The second-order valence-corrected chi connectivity index (χ2v) is 6.97. The molecule has 4 nitrogen and oxygen atoms in total. The molecule has 1 unspecified atom stereocenters. The van der Waals surface area contributed by atoms with E-state index in [1.54, 1.807) is 0 Å². The van der Waals surface area contributed by atoms with Crippen LogP contribution in [0.4, 0.5) is 4.79 Å². The molecule has 1 atom stereocenters. The Hall–Kier alpha value is -1.84. The van der Waals surface area contributed by atoms with Gasteiger partial charge in [0.05, 0.1) is 0 Å². The summed E-state index contributed by atoms with van der Waals surface area (Å²) in [6.07, 6.45) is 2.35. The summed E-state index contributed by atoms with van der Waals surface area (Å²) in [6, 6.07) is 9.33. The number of alkyl carbamates (subject to hydrolysis) is 1. The zero-order chi connectivity index (χ0) is 16.2. The Morgan fingerprint density at radius 1 is 1.23 bits per heavy atom. The molecular weight excluding hydrogens is 278 g/mol. The molecule has 22 heavy (non-hydrogen) atoms. The topological polar surface area (TPSA) is 55.4 Å². The monoisotopic (exact) mass is 303 g/mol. The van der Waals surface area contributed by atoms with Crippen LogP contribution in [0.5, 0.6) is 0 Å². The highest BCUT2D eigenvalue weighted by molar-refractivity contribution is 5.96. The van der Waals surface area contributed by atoms with E-state index >= 15 is 0 Å². The minimum absolute atomic E-state index is 0.142. The molecule has 0 radical (unpaired) electrons. The maximum absolute atomic E-state index is 12.3. The van der Waals surface area contributed by atoms with Crippen LogP contribution in [0.25, 0.3) is 0 Å². The lowest BCUT2D eigenvalue weighted by molar-refractivity contribution is 0.0513. The Morgan fingerprint density at radius 3 is 2.41 bits per heavy atom. The molecule has 1 amide bonds. The molecule has 0 saturated heterocycles. The van der Waals surface area contributed by atoms with Gasteiger partial charge in [-0.25, -0.2) is 4.79 Å². The van der Waals surface area contributed by atoms with E-state index in [0.29, 0.717) is 18.9 Å². The number of carbonyl (C=O) groups excluding carboxylic acids is 2. The number of benzene rings is 1. The van der Waals surface area contributed by atoms with Crippen LogP contribution in [0.1, 0.15) is 50.4 Å². The molecule has 120 valence electrons. The molecule has 1 aromatic carbocycles. The Bertz CT molecular complexity index is 515. The van der Waals surface area contributed by atoms with Gasteiger partial charge in [-0.15, -0.1) is 0 Å². The fourth-order valence-electron chi connectivity index (χ4n) is 2.48. The molecule has 1 saturated carbocycles. The van der Waals surface area contributed by atoms with Gasteiger partial charge in [0.1, 0.15) is 5.60 Å². The third kappa shape index (κ3) is 5.51. The first-order valence-electron chi connectivity index (χ1n) is 7.90. The third-order valence-corrected chi connectivity index (χ3v) is 3.74. The molecule has 1 fully saturated rings. The van der Waals surface area contributed by atoms with Gasteiger partial charge in [0.25, 0.3) is 0 Å². The van der Waals surface area contributed by atoms with Gasteiger partial charge in [0.2, 0.25) is 0 Å². The number of nitrogens with one attached hydrogen (secondary N) is 1. The van der Waals surface area contributed by atoms with Crippen LogP contribution in [0.2, 0.25) is 0 Å². The van der Waals surface area contributed by atoms with Crippen molar-refractivity contribution >= 4 is 11.9 Å². The number of Topliss-reactive ketones (excluding diaryl/α,β-unsaturated/α-hetero) is 1. The minimum atomic E-state index is -0.501. The van der Waals surface area contributed by atoms with E-state index < -0.39 is 11.7 Å². The fourth-order valence-corrected chi connectivity index (χ4v) is 2.48. The average Bonchev–Trinajstić information content (AvgIpc) is 3.26. The van der Waals surface area contributed by atoms with E-state index in [2.05, 4.69) is 5.32 Å². The van der Waals surface area contributed by atoms with Gasteiger partial charge in [0.15, 0.2) is 5.78 Å². The Balaban J connectivity index is 1.86. The van der Waals surface area contributed by atoms with Gasteiger partial charge in [-0.1, -0.05) is 30.3 Å². The maximum Gasteiger partial charge on any atom is 0.407 e. The summed E-state index contributed by atoms with van der Waals surface area (Å²) in [6.45, 7) is 6.01. The van der Waals surface area contributed by atoms with E-state index in [-0.39, 0.29) is 11.7 Å². The predicted molar refractivity (Wildman–Crippen MR) is 85.8 cm³/mol. The summed E-state index contributed by atoms with van der Waals surface area (Å²) in [5.41, 5.74) is 0.240. The SMILES string of the molecule is CC(C)(C)OC(=O)NCC(CC(=O)c1ccccc1)C1CC1. The van der Waals surface area contributed by atoms with Crippen LogP contribution >= 0.6 is 0 Å². The van der Waals surface area contributed by atoms with Crippen LogP contribution in [-0.4, -0.2) is 24.0 Å². The van der Waals surface area contributed by atoms with Crippen LogP contribution < -0.4 is 5.32 Å². The first kappa shape index (κ1) is 16.5. The van der Waals surface area contributed by atoms with Crippen LogP contribution in [0.3, 0.4) is 0 Å². The largest absolute Gasteiger partial charge is 0.444 e. The lowest BCUT2D eigenvalue weighted by Crippen LogP contribution is -2.36. The van der Waals surface area contributed by atoms with E-state index in [4.69, 9.17) is 4.74 Å². The van der Waals surface area contributed by atoms with Crippen molar-refractivity contribution in [1.29, 1.82) is 0 Å². The number of ether oxygens (including phenoxy) is 1. The van der Waals surface area contributed by atoms with Crippen molar-refractivity contribution in [3.8, 4) is 0 Å². The Morgan fingerprint density at radius 2 is 1.86 bits per heavy atom. The molecule has 1 aliphatic carbocycles. The average molecular weight is 303 g/mol. The first-order chi connectivity index (χ1) is 10.3. The van der Waals surface area contributed by atoms with E-state index in [1.807, 2.05) is 51.1 Å². The second-order valence-electron chi connectivity index (χ2n) is 6.97. The molecule has 0 spiro atoms. The molecule has 2 rings (SSSR count). The van der Waals surface area contributed by atoms with Gasteiger partial charge >= 0.3 is 6.09 Å². The molecular formula is C18H25NO3. The highest BCUT2D eigenvalue weighted by Crippen LogP contribution is 2.38. The number of amides is 1. The number of carbonyl (C=O) groups is 2. The third-order valence-electron chi connectivity index (χ3n) is 3.74. The van der Waals surface area contributed by atoms with E-state index in [9.17, 15) is 9.59 Å². The Kier molecular flexibility index (Phi) is 5.22. The molecule has 0 aromatic heterocycles. The van der Waals surface area contributed by atoms with Crippen molar-refractivity contribution in [2.75, 3.05) is 6.54 Å². The minimum Gasteiger partial charge on any atom is -0.444 e. The van der Waals surface area contributed by atoms with Crippen LogP contribution in [0.15, 0.2) is 30.3 Å². The molecule has 0 aliphatic heterocycles. The number of rotatable bonds is 6. The Labute approximate surface area is 132 Å². The summed E-state index contributed by atoms with van der Waals surface area (Å²) in [5, 5.41) is 2.80. The standard InChI is InChI=1S/C18H25NO3/c1-18(2,3)22-17(21)19-12-15(13-9-10-13)11-16(20)14-7-5-4-6-8-14/h4-8,13,15H,9-12H2,1-3H3,(H,19,21). The number of ketones is 1. The maximum atomic E-state index is 12.3. The lowest BCUT2D eigenvalue weighted by Gasteiger charge is -2.21. The molecule has 4 heteroatoms. The van der Waals surface area contributed by atoms with Crippen molar-refractivity contribution < 1.29 is 14.3 Å². The second kappa shape index (κ2) is 6.95. The zero-order valence-electron chi connectivity index (χ0n) is 13.6. The molecule has 1 aromatic rings. The van der Waals surface area contributed by atoms with Gasteiger partial charge in [0, 0.05) is 18.5 Å². The summed E-state index contributed by atoms with van der Waals surface area (Å²) in [4.78, 5) is 24.1. The van der Waals surface area contributed by atoms with Crippen molar-refractivity contribution in [3.05, 3.63) is 35.9 Å². The van der Waals surface area contributed by atoms with Crippen molar-refractivity contribution in [2.45, 2.75) is 45.6 Å². The van der Waals surface area contributed by atoms with Crippen molar-refractivity contribution in [2.24, 2.45) is 11.8 Å². The quantitative estimate of drug-likeness (QED) is 0.813. The summed E-state index contributed by atoms with van der Waals surface area (Å²) in [5.74, 6) is 0.881. The zero-order valence-corrected chi connectivity index (χ0v) is 13.6. The first-order valence-corrected chi connectivity index (χ1v) is 7.90. The predicted octanol–water partition coefficient (Wildman–Crippen LogP) is 3.81. The van der Waals surface area contributed by atoms with Gasteiger partial charge < -0.3 is 10.1 Å². The molecule has 0 bridgehead atoms. The van der Waals surface area contributed by atoms with E-state index in [0.717, 1.165) is 18.4 Å². The summed E-state index contributed by atoms with van der Waals surface area (Å²) in [7, 11) is 0. The molecule has 1 aliphatic rings. The normalized spacial score (nSPS) is 16.0. The van der Waals surface area contributed by atoms with Gasteiger partial charge in [-0.2, -0.15) is 0 Å². The van der Waals surface area contributed by atoms with Crippen molar-refractivity contribution in [1.82, 2.24) is 5.32 Å². The van der Waals surface area contributed by atoms with Crippen LogP contribution in [-0.2, 0) is 4.74 Å². The fraction of sp³-hybridized carbons (Fsp3) is 0.556. The van der Waals surface area contributed by atoms with E-state index in [1.165, 1.54) is 0 Å². The van der Waals surface area contributed by atoms with Crippen LogP contribution in [0, 0.1) is 11.8 Å². The molecule has 1 N–H and O–H groups in total. The smallest absolute Gasteiger partial charge is 0.407 e. The highest BCUT2D eigenvalue weighted by atomic mass is 16.6.